The van der Waals surface area contributed by atoms with Crippen LogP contribution in [0.1, 0.15) is 12.0 Å². The molecule has 0 fully saturated rings. The number of rotatable bonds is 2. The minimum Gasteiger partial charge on any atom is -0.497 e. The van der Waals surface area contributed by atoms with E-state index in [1.807, 2.05) is 12.1 Å². The minimum absolute atomic E-state index is 0.232. The third kappa shape index (κ3) is 2.10. The highest BCUT2D eigenvalue weighted by Crippen LogP contribution is 2.29. The fraction of sp³-hybridized carbons (Fsp3) is 0.417. The predicted molar refractivity (Wildman–Crippen MR) is 57.9 cm³/mol. The fourth-order valence-electron chi connectivity index (χ4n) is 1.80. The molecule has 1 atom stereocenters. The number of hydrogen-bond acceptors (Lipinski definition) is 3. The van der Waals surface area contributed by atoms with Gasteiger partial charge in [-0.25, -0.2) is 0 Å². The second kappa shape index (κ2) is 4.43. The van der Waals surface area contributed by atoms with Crippen LogP contribution in [0.5, 0.6) is 11.5 Å². The summed E-state index contributed by atoms with van der Waals surface area (Å²) in [6.07, 6.45) is 1.35. The average molecular weight is 222 g/mol. The van der Waals surface area contributed by atoms with Gasteiger partial charge in [0.15, 0.2) is 0 Å². The largest absolute Gasteiger partial charge is 0.497 e. The Labute approximate surface area is 93.8 Å². The normalized spacial score (nSPS) is 19.2. The number of aryl methyl sites for hydroxylation is 1. The van der Waals surface area contributed by atoms with Gasteiger partial charge in [-0.15, -0.1) is 0 Å². The zero-order valence-electron chi connectivity index (χ0n) is 9.10. The van der Waals surface area contributed by atoms with Gasteiger partial charge in [0, 0.05) is 6.07 Å². The van der Waals surface area contributed by atoms with Gasteiger partial charge in [0.05, 0.1) is 13.0 Å². The maximum absolute atomic E-state index is 10.9. The standard InChI is InChI=1S/C12H14O4/c1-15-10-5-4-8-2-3-9(12(13)14)7-16-11(8)6-10/h4-6,9H,2-3,7H2,1H3,(H,13,14). The van der Waals surface area contributed by atoms with Gasteiger partial charge in [0.2, 0.25) is 0 Å². The molecule has 0 saturated heterocycles. The first-order valence-electron chi connectivity index (χ1n) is 5.23. The average Bonchev–Trinajstić information content (AvgIpc) is 2.50. The van der Waals surface area contributed by atoms with Crippen molar-refractivity contribution in [3.8, 4) is 11.5 Å². The summed E-state index contributed by atoms with van der Waals surface area (Å²) in [5, 5.41) is 8.94. The fourth-order valence-corrected chi connectivity index (χ4v) is 1.80. The highest BCUT2D eigenvalue weighted by atomic mass is 16.5. The Bertz CT molecular complexity index is 400. The number of fused-ring (bicyclic) bond motifs is 1. The van der Waals surface area contributed by atoms with Crippen LogP contribution in [0.25, 0.3) is 0 Å². The third-order valence-electron chi connectivity index (χ3n) is 2.83. The molecular weight excluding hydrogens is 208 g/mol. The quantitative estimate of drug-likeness (QED) is 0.827. The molecule has 4 nitrogen and oxygen atoms in total. The molecule has 0 spiro atoms. The molecule has 1 N–H and O–H groups in total. The van der Waals surface area contributed by atoms with Crippen LogP contribution in [-0.4, -0.2) is 24.8 Å². The second-order valence-electron chi connectivity index (χ2n) is 3.86. The molecule has 0 saturated carbocycles. The number of carboxylic acids is 1. The second-order valence-corrected chi connectivity index (χ2v) is 3.86. The molecule has 1 unspecified atom stereocenters. The molecule has 4 heteroatoms. The lowest BCUT2D eigenvalue weighted by molar-refractivity contribution is -0.142. The summed E-state index contributed by atoms with van der Waals surface area (Å²) >= 11 is 0. The summed E-state index contributed by atoms with van der Waals surface area (Å²) in [5.74, 6) is 0.258. The van der Waals surface area contributed by atoms with Crippen LogP contribution >= 0.6 is 0 Å². The molecule has 2 rings (SSSR count). The molecule has 1 aliphatic heterocycles. The van der Waals surface area contributed by atoms with Crippen molar-refractivity contribution in [1.82, 2.24) is 0 Å². The van der Waals surface area contributed by atoms with Crippen molar-refractivity contribution in [3.05, 3.63) is 23.8 Å². The number of ether oxygens (including phenoxy) is 2. The Morgan fingerprint density at radius 1 is 1.56 bits per heavy atom. The lowest BCUT2D eigenvalue weighted by Gasteiger charge is -2.09. The molecule has 86 valence electrons. The van der Waals surface area contributed by atoms with Crippen molar-refractivity contribution in [2.45, 2.75) is 12.8 Å². The van der Waals surface area contributed by atoms with Crippen molar-refractivity contribution in [1.29, 1.82) is 0 Å². The first kappa shape index (κ1) is 10.8. The molecule has 16 heavy (non-hydrogen) atoms. The molecule has 0 bridgehead atoms. The number of hydrogen-bond donors (Lipinski definition) is 1. The summed E-state index contributed by atoms with van der Waals surface area (Å²) in [6.45, 7) is 0.232. The van der Waals surface area contributed by atoms with Crippen LogP contribution in [0, 0.1) is 5.92 Å². The molecule has 1 aromatic carbocycles. The summed E-state index contributed by atoms with van der Waals surface area (Å²) in [6, 6.07) is 5.60. The van der Waals surface area contributed by atoms with E-state index in [4.69, 9.17) is 14.6 Å². The molecule has 1 aromatic rings. The van der Waals surface area contributed by atoms with E-state index in [0.717, 1.165) is 23.5 Å². The van der Waals surface area contributed by atoms with E-state index in [1.165, 1.54) is 0 Å². The highest BCUT2D eigenvalue weighted by molar-refractivity contribution is 5.70. The molecule has 0 aromatic heterocycles. The van der Waals surface area contributed by atoms with Crippen molar-refractivity contribution in [3.63, 3.8) is 0 Å². The summed E-state index contributed by atoms with van der Waals surface area (Å²) in [4.78, 5) is 10.9. The van der Waals surface area contributed by atoms with Gasteiger partial charge in [-0.1, -0.05) is 6.07 Å². The monoisotopic (exact) mass is 222 g/mol. The topological polar surface area (TPSA) is 55.8 Å². The van der Waals surface area contributed by atoms with E-state index >= 15 is 0 Å². The van der Waals surface area contributed by atoms with Crippen LogP contribution in [-0.2, 0) is 11.2 Å². The Kier molecular flexibility index (Phi) is 2.99. The smallest absolute Gasteiger partial charge is 0.309 e. The van der Waals surface area contributed by atoms with Crippen molar-refractivity contribution < 1.29 is 19.4 Å². The number of aliphatic carboxylic acids is 1. The van der Waals surface area contributed by atoms with Crippen LogP contribution in [0.15, 0.2) is 18.2 Å². The highest BCUT2D eigenvalue weighted by Gasteiger charge is 2.22. The van der Waals surface area contributed by atoms with E-state index in [0.29, 0.717) is 6.42 Å². The molecule has 0 radical (unpaired) electrons. The first-order chi connectivity index (χ1) is 7.70. The van der Waals surface area contributed by atoms with Crippen molar-refractivity contribution in [2.75, 3.05) is 13.7 Å². The Morgan fingerprint density at radius 2 is 2.38 bits per heavy atom. The lowest BCUT2D eigenvalue weighted by atomic mass is 10.0. The first-order valence-corrected chi connectivity index (χ1v) is 5.23. The van der Waals surface area contributed by atoms with Crippen molar-refractivity contribution in [2.24, 2.45) is 5.92 Å². The van der Waals surface area contributed by atoms with Gasteiger partial charge in [0.1, 0.15) is 18.1 Å². The molecule has 1 aliphatic rings. The number of carboxylic acid groups (broad SMARTS) is 1. The van der Waals surface area contributed by atoms with Gasteiger partial charge in [-0.3, -0.25) is 4.79 Å². The maximum atomic E-state index is 10.9. The van der Waals surface area contributed by atoms with E-state index in [2.05, 4.69) is 0 Å². The summed E-state index contributed by atoms with van der Waals surface area (Å²) in [5.41, 5.74) is 1.05. The number of benzene rings is 1. The summed E-state index contributed by atoms with van der Waals surface area (Å²) in [7, 11) is 1.60. The van der Waals surface area contributed by atoms with E-state index in [9.17, 15) is 4.79 Å². The molecule has 1 heterocycles. The van der Waals surface area contributed by atoms with Crippen LogP contribution in [0.3, 0.4) is 0 Å². The van der Waals surface area contributed by atoms with Crippen LogP contribution in [0.4, 0.5) is 0 Å². The molecular formula is C12H14O4. The SMILES string of the molecule is COc1ccc2c(c1)OCC(C(=O)O)CC2. The third-order valence-corrected chi connectivity index (χ3v) is 2.83. The molecule has 0 aliphatic carbocycles. The maximum Gasteiger partial charge on any atom is 0.309 e. The number of carbonyl (C=O) groups is 1. The van der Waals surface area contributed by atoms with E-state index in [-0.39, 0.29) is 6.61 Å². The zero-order chi connectivity index (χ0) is 11.5. The van der Waals surface area contributed by atoms with E-state index in [1.54, 1.807) is 13.2 Å². The van der Waals surface area contributed by atoms with Gasteiger partial charge in [-0.2, -0.15) is 0 Å². The molecule has 0 amide bonds. The Morgan fingerprint density at radius 3 is 3.06 bits per heavy atom. The zero-order valence-corrected chi connectivity index (χ0v) is 9.10. The summed E-state index contributed by atoms with van der Waals surface area (Å²) < 4.78 is 10.6. The van der Waals surface area contributed by atoms with Crippen LogP contribution in [0.2, 0.25) is 0 Å². The minimum atomic E-state index is -0.792. The van der Waals surface area contributed by atoms with Gasteiger partial charge in [0.25, 0.3) is 0 Å². The lowest BCUT2D eigenvalue weighted by Crippen LogP contribution is -2.20. The van der Waals surface area contributed by atoms with Crippen molar-refractivity contribution >= 4 is 5.97 Å². The predicted octanol–water partition coefficient (Wildman–Crippen LogP) is 1.72. The van der Waals surface area contributed by atoms with Gasteiger partial charge < -0.3 is 14.6 Å². The number of methoxy groups -OCH3 is 1. The Hall–Kier alpha value is -1.71. The van der Waals surface area contributed by atoms with Gasteiger partial charge in [-0.05, 0) is 24.5 Å². The Balaban J connectivity index is 2.20. The van der Waals surface area contributed by atoms with E-state index < -0.39 is 11.9 Å². The van der Waals surface area contributed by atoms with Crippen LogP contribution < -0.4 is 9.47 Å². The van der Waals surface area contributed by atoms with Gasteiger partial charge >= 0.3 is 5.97 Å².